The van der Waals surface area contributed by atoms with E-state index in [0.717, 1.165) is 24.2 Å². The molecule has 0 bridgehead atoms. The molecule has 0 atom stereocenters. The highest BCUT2D eigenvalue weighted by Gasteiger charge is 2.12. The predicted octanol–water partition coefficient (Wildman–Crippen LogP) is 4.53. The van der Waals surface area contributed by atoms with E-state index in [0.29, 0.717) is 5.69 Å². The minimum Gasteiger partial charge on any atom is -0.372 e. The van der Waals surface area contributed by atoms with Crippen LogP contribution in [-0.2, 0) is 4.79 Å². The zero-order chi connectivity index (χ0) is 18.4. The van der Waals surface area contributed by atoms with Crippen LogP contribution in [0.3, 0.4) is 0 Å². The molecule has 1 fully saturated rings. The minimum absolute atomic E-state index is 0.0938. The third kappa shape index (κ3) is 4.52. The Morgan fingerprint density at radius 3 is 2.31 bits per heavy atom. The lowest BCUT2D eigenvalue weighted by Gasteiger charge is -2.28. The number of benzene rings is 2. The molecule has 0 saturated carbocycles. The second-order valence-corrected chi connectivity index (χ2v) is 6.63. The van der Waals surface area contributed by atoms with E-state index in [1.54, 1.807) is 6.08 Å². The van der Waals surface area contributed by atoms with Gasteiger partial charge in [0.1, 0.15) is 11.6 Å². The molecule has 4 heteroatoms. The van der Waals surface area contributed by atoms with Crippen LogP contribution in [0.4, 0.5) is 11.4 Å². The Morgan fingerprint density at radius 1 is 1.04 bits per heavy atom. The number of carbonyl (C=O) groups is 1. The molecule has 0 aliphatic carbocycles. The lowest BCUT2D eigenvalue weighted by atomic mass is 10.1. The van der Waals surface area contributed by atoms with Crippen molar-refractivity contribution in [3.63, 3.8) is 0 Å². The van der Waals surface area contributed by atoms with Gasteiger partial charge in [0.25, 0.3) is 5.91 Å². The molecule has 4 nitrogen and oxygen atoms in total. The fourth-order valence-electron chi connectivity index (χ4n) is 3.08. The van der Waals surface area contributed by atoms with Gasteiger partial charge in [0.05, 0.1) is 0 Å². The van der Waals surface area contributed by atoms with Crippen LogP contribution in [0.2, 0.25) is 0 Å². The van der Waals surface area contributed by atoms with E-state index in [4.69, 9.17) is 0 Å². The van der Waals surface area contributed by atoms with Crippen molar-refractivity contribution in [2.75, 3.05) is 23.3 Å². The van der Waals surface area contributed by atoms with Gasteiger partial charge in [-0.3, -0.25) is 4.79 Å². The highest BCUT2D eigenvalue weighted by atomic mass is 16.1. The molecule has 1 saturated heterocycles. The van der Waals surface area contributed by atoms with Gasteiger partial charge in [-0.25, -0.2) is 0 Å². The van der Waals surface area contributed by atoms with E-state index in [-0.39, 0.29) is 5.57 Å². The number of amides is 1. The quantitative estimate of drug-likeness (QED) is 0.654. The standard InChI is InChI=1S/C22H23N3O/c1-17-5-9-20(10-6-17)24-22(26)19(16-23)15-18-7-11-21(12-8-18)25-13-3-2-4-14-25/h5-12,15H,2-4,13-14H2,1H3,(H,24,26)/b19-15-. The van der Waals surface area contributed by atoms with E-state index in [9.17, 15) is 10.1 Å². The zero-order valence-corrected chi connectivity index (χ0v) is 15.0. The largest absolute Gasteiger partial charge is 0.372 e. The average Bonchev–Trinajstić information content (AvgIpc) is 2.69. The van der Waals surface area contributed by atoms with Crippen LogP contribution < -0.4 is 10.2 Å². The molecule has 1 N–H and O–H groups in total. The number of anilines is 2. The van der Waals surface area contributed by atoms with E-state index in [1.807, 2.05) is 49.4 Å². The first-order valence-electron chi connectivity index (χ1n) is 9.00. The number of aryl methyl sites for hydroxylation is 1. The van der Waals surface area contributed by atoms with Gasteiger partial charge in [0, 0.05) is 24.5 Å². The molecule has 1 aliphatic heterocycles. The zero-order valence-electron chi connectivity index (χ0n) is 15.0. The fraction of sp³-hybridized carbons (Fsp3) is 0.273. The number of nitriles is 1. The van der Waals surface area contributed by atoms with Gasteiger partial charge in [-0.1, -0.05) is 29.8 Å². The maximum absolute atomic E-state index is 12.3. The Kier molecular flexibility index (Phi) is 5.70. The van der Waals surface area contributed by atoms with Crippen LogP contribution in [0.15, 0.2) is 54.1 Å². The lowest BCUT2D eigenvalue weighted by molar-refractivity contribution is -0.112. The van der Waals surface area contributed by atoms with Crippen molar-refractivity contribution in [2.24, 2.45) is 0 Å². The van der Waals surface area contributed by atoms with Gasteiger partial charge < -0.3 is 10.2 Å². The second kappa shape index (κ2) is 8.35. The molecule has 2 aromatic rings. The summed E-state index contributed by atoms with van der Waals surface area (Å²) in [6.45, 7) is 4.18. The van der Waals surface area contributed by atoms with Gasteiger partial charge in [-0.15, -0.1) is 0 Å². The maximum Gasteiger partial charge on any atom is 0.266 e. The SMILES string of the molecule is Cc1ccc(NC(=O)/C(C#N)=C\c2ccc(N3CCCCC3)cc2)cc1. The Bertz CT molecular complexity index is 823. The fourth-order valence-corrected chi connectivity index (χ4v) is 3.08. The summed E-state index contributed by atoms with van der Waals surface area (Å²) >= 11 is 0. The van der Waals surface area contributed by atoms with Crippen LogP contribution in [0.5, 0.6) is 0 Å². The molecule has 1 aliphatic rings. The summed E-state index contributed by atoms with van der Waals surface area (Å²) in [6.07, 6.45) is 5.40. The van der Waals surface area contributed by atoms with E-state index in [1.165, 1.54) is 24.9 Å². The van der Waals surface area contributed by atoms with Crippen molar-refractivity contribution in [1.82, 2.24) is 0 Å². The van der Waals surface area contributed by atoms with Gasteiger partial charge in [0.2, 0.25) is 0 Å². The summed E-state index contributed by atoms with van der Waals surface area (Å²) in [5.74, 6) is -0.392. The van der Waals surface area contributed by atoms with Crippen LogP contribution in [0, 0.1) is 18.3 Å². The van der Waals surface area contributed by atoms with Crippen LogP contribution >= 0.6 is 0 Å². The first-order valence-corrected chi connectivity index (χ1v) is 9.00. The van der Waals surface area contributed by atoms with Crippen LogP contribution in [0.25, 0.3) is 6.08 Å². The second-order valence-electron chi connectivity index (χ2n) is 6.63. The Morgan fingerprint density at radius 2 is 1.69 bits per heavy atom. The normalized spacial score (nSPS) is 14.6. The van der Waals surface area contributed by atoms with Crippen LogP contribution in [0.1, 0.15) is 30.4 Å². The maximum atomic E-state index is 12.3. The highest BCUT2D eigenvalue weighted by Crippen LogP contribution is 2.21. The topological polar surface area (TPSA) is 56.1 Å². The number of rotatable bonds is 4. The number of carbonyl (C=O) groups excluding carboxylic acids is 1. The van der Waals surface area contributed by atoms with Crippen LogP contribution in [-0.4, -0.2) is 19.0 Å². The van der Waals surface area contributed by atoms with Gasteiger partial charge in [0.15, 0.2) is 0 Å². The summed E-state index contributed by atoms with van der Waals surface area (Å²) in [6, 6.07) is 17.5. The lowest BCUT2D eigenvalue weighted by Crippen LogP contribution is -2.29. The predicted molar refractivity (Wildman–Crippen MR) is 106 cm³/mol. The minimum atomic E-state index is -0.392. The molecular weight excluding hydrogens is 322 g/mol. The molecule has 0 radical (unpaired) electrons. The summed E-state index contributed by atoms with van der Waals surface area (Å²) in [5, 5.41) is 12.1. The molecular formula is C22H23N3O. The van der Waals surface area contributed by atoms with Crippen molar-refractivity contribution < 1.29 is 4.79 Å². The van der Waals surface area contributed by atoms with Crippen molar-refractivity contribution in [1.29, 1.82) is 5.26 Å². The summed E-state index contributed by atoms with van der Waals surface area (Å²) in [4.78, 5) is 14.7. The smallest absolute Gasteiger partial charge is 0.266 e. The monoisotopic (exact) mass is 345 g/mol. The van der Waals surface area contributed by atoms with Crippen molar-refractivity contribution in [3.05, 3.63) is 65.2 Å². The first-order chi connectivity index (χ1) is 12.7. The third-order valence-electron chi connectivity index (χ3n) is 4.60. The summed E-state index contributed by atoms with van der Waals surface area (Å²) in [5.41, 5.74) is 3.94. The van der Waals surface area contributed by atoms with Crippen molar-refractivity contribution >= 4 is 23.4 Å². The highest BCUT2D eigenvalue weighted by molar-refractivity contribution is 6.09. The summed E-state index contributed by atoms with van der Waals surface area (Å²) < 4.78 is 0. The molecule has 132 valence electrons. The van der Waals surface area contributed by atoms with E-state index >= 15 is 0 Å². The Hall–Kier alpha value is -3.06. The van der Waals surface area contributed by atoms with E-state index < -0.39 is 5.91 Å². The molecule has 0 spiro atoms. The van der Waals surface area contributed by atoms with Gasteiger partial charge in [-0.05, 0) is 62.1 Å². The molecule has 0 unspecified atom stereocenters. The molecule has 0 aromatic heterocycles. The Balaban J connectivity index is 1.70. The van der Waals surface area contributed by atoms with Crippen molar-refractivity contribution in [2.45, 2.75) is 26.2 Å². The van der Waals surface area contributed by atoms with E-state index in [2.05, 4.69) is 22.3 Å². The average molecular weight is 345 g/mol. The number of piperidine rings is 1. The summed E-state index contributed by atoms with van der Waals surface area (Å²) in [7, 11) is 0. The van der Waals surface area contributed by atoms with Crippen molar-refractivity contribution in [3.8, 4) is 6.07 Å². The number of nitrogens with zero attached hydrogens (tertiary/aromatic N) is 2. The first kappa shape index (κ1) is 17.8. The van der Waals surface area contributed by atoms with Gasteiger partial charge in [-0.2, -0.15) is 5.26 Å². The third-order valence-corrected chi connectivity index (χ3v) is 4.60. The molecule has 3 rings (SSSR count). The molecule has 1 amide bonds. The molecule has 2 aromatic carbocycles. The number of hydrogen-bond acceptors (Lipinski definition) is 3. The Labute approximate surface area is 154 Å². The number of hydrogen-bond donors (Lipinski definition) is 1. The molecule has 1 heterocycles. The molecule has 26 heavy (non-hydrogen) atoms. The number of nitrogens with one attached hydrogen (secondary N) is 1. The van der Waals surface area contributed by atoms with Gasteiger partial charge >= 0.3 is 0 Å².